The fourth-order valence-corrected chi connectivity index (χ4v) is 5.11. The van der Waals surface area contributed by atoms with Gasteiger partial charge in [0.05, 0.1) is 21.1 Å². The molecule has 0 saturated carbocycles. The van der Waals surface area contributed by atoms with Crippen LogP contribution in [0.3, 0.4) is 0 Å². The zero-order valence-electron chi connectivity index (χ0n) is 29.1. The summed E-state index contributed by atoms with van der Waals surface area (Å²) in [4.78, 5) is 32.6. The van der Waals surface area contributed by atoms with E-state index in [9.17, 15) is 14.3 Å². The minimum absolute atomic E-state index is 0.0147. The van der Waals surface area contributed by atoms with E-state index in [2.05, 4.69) is 11.4 Å². The topological polar surface area (TPSA) is 119 Å². The Morgan fingerprint density at radius 2 is 1.22 bits per heavy atom. The number of aliphatic hydroxyl groups excluding tert-OH is 1. The summed E-state index contributed by atoms with van der Waals surface area (Å²) in [6, 6.07) is 9.82. The molecule has 10 heteroatoms. The Morgan fingerprint density at radius 3 is 1.64 bits per heavy atom. The number of hydrogen-bond acceptors (Lipinski definition) is 6. The van der Waals surface area contributed by atoms with E-state index in [0.29, 0.717) is 24.2 Å². The molecule has 1 unspecified atom stereocenters. The minimum Gasteiger partial charge on any atom is -0.756 e. The number of benzene rings is 1. The van der Waals surface area contributed by atoms with E-state index >= 15 is 0 Å². The molecular formula is C35H67N2O7P. The average Bonchev–Trinajstić information content (AvgIpc) is 2.98. The third-order valence-corrected chi connectivity index (χ3v) is 8.11. The van der Waals surface area contributed by atoms with Crippen LogP contribution in [0.5, 0.6) is 0 Å². The molecule has 0 aromatic heterocycles. The maximum atomic E-state index is 12.5. The molecule has 0 aliphatic heterocycles. The number of unbranched alkanes of at least 4 members (excludes halogenated alkanes) is 16. The molecule has 1 rings (SSSR count). The molecule has 1 atom stereocenters. The number of nitrogens with zero attached hydrogens (tertiary/aromatic N) is 2. The third kappa shape index (κ3) is 32.3. The summed E-state index contributed by atoms with van der Waals surface area (Å²) < 4.78 is 20.3. The molecule has 45 heavy (non-hydrogen) atoms. The van der Waals surface area contributed by atoms with Gasteiger partial charge in [0, 0.05) is 19.7 Å². The van der Waals surface area contributed by atoms with Gasteiger partial charge in [-0.3, -0.25) is 4.57 Å². The van der Waals surface area contributed by atoms with Crippen molar-refractivity contribution in [3.8, 4) is 0 Å². The Morgan fingerprint density at radius 1 is 0.778 bits per heavy atom. The SMILES string of the molecule is CCCCCCCCCCCCCCCCCCN(CCCCO)C(=O)OCc1ccccc1.C[N+](C)(C)CCOP(=O)([O-])O. The van der Waals surface area contributed by atoms with Crippen LogP contribution in [-0.4, -0.2) is 79.5 Å². The summed E-state index contributed by atoms with van der Waals surface area (Å²) in [5.74, 6) is 0. The lowest BCUT2D eigenvalue weighted by Gasteiger charge is -2.25. The summed E-state index contributed by atoms with van der Waals surface area (Å²) in [5, 5.41) is 9.06. The van der Waals surface area contributed by atoms with Crippen molar-refractivity contribution in [1.29, 1.82) is 0 Å². The molecule has 0 bridgehead atoms. The number of hydrogen-bond donors (Lipinski definition) is 2. The van der Waals surface area contributed by atoms with Crippen molar-refractivity contribution in [3.63, 3.8) is 0 Å². The fourth-order valence-electron chi connectivity index (χ4n) is 4.80. The molecule has 1 aromatic carbocycles. The Kier molecular flexibility index (Phi) is 27.8. The number of aliphatic hydroxyl groups is 1. The highest BCUT2D eigenvalue weighted by atomic mass is 31.2. The Hall–Kier alpha value is -1.48. The summed E-state index contributed by atoms with van der Waals surface area (Å²) in [7, 11) is 1.19. The predicted molar refractivity (Wildman–Crippen MR) is 183 cm³/mol. The number of amides is 1. The van der Waals surface area contributed by atoms with Gasteiger partial charge in [-0.25, -0.2) is 4.79 Å². The summed E-state index contributed by atoms with van der Waals surface area (Å²) in [6.45, 7) is 4.72. The monoisotopic (exact) mass is 658 g/mol. The van der Waals surface area contributed by atoms with E-state index in [1.54, 1.807) is 0 Å². The molecule has 0 aliphatic carbocycles. The summed E-state index contributed by atoms with van der Waals surface area (Å²) in [6.07, 6.45) is 22.9. The normalized spacial score (nSPS) is 12.7. The standard InChI is InChI=1S/C30H53NO3.C5H14NO4P/c1-2-3-4-5-6-7-8-9-10-11-12-13-14-15-16-20-25-31(26-21-22-27-32)30(33)34-28-29-23-18-17-19-24-29;1-6(2,3)4-5-10-11(7,8)9/h17-19,23-24,32H,2-16,20-22,25-28H2,1H3;4-5H2,1-3H3,(H-,7,8,9). The number of rotatable bonds is 27. The van der Waals surface area contributed by atoms with E-state index in [0.717, 1.165) is 31.4 Å². The largest absolute Gasteiger partial charge is 0.756 e. The van der Waals surface area contributed by atoms with Gasteiger partial charge in [0.2, 0.25) is 0 Å². The van der Waals surface area contributed by atoms with E-state index in [4.69, 9.17) is 14.7 Å². The van der Waals surface area contributed by atoms with Crippen molar-refractivity contribution < 1.29 is 38.0 Å². The minimum atomic E-state index is -4.51. The first-order chi connectivity index (χ1) is 21.5. The third-order valence-electron chi connectivity index (χ3n) is 7.60. The predicted octanol–water partition coefficient (Wildman–Crippen LogP) is 7.83. The quantitative estimate of drug-likeness (QED) is 0.0562. The van der Waals surface area contributed by atoms with Crippen LogP contribution in [0.2, 0.25) is 0 Å². The maximum absolute atomic E-state index is 12.5. The number of carbonyl (C=O) groups is 1. The van der Waals surface area contributed by atoms with E-state index < -0.39 is 7.82 Å². The van der Waals surface area contributed by atoms with Crippen molar-refractivity contribution in [2.24, 2.45) is 0 Å². The number of likely N-dealkylation sites (N-methyl/N-ethyl adjacent to an activating group) is 1. The molecule has 264 valence electrons. The smallest absolute Gasteiger partial charge is 0.410 e. The van der Waals surface area contributed by atoms with Crippen LogP contribution in [-0.2, 0) is 20.4 Å². The Labute approximate surface area is 275 Å². The number of carbonyl (C=O) groups excluding carboxylic acids is 1. The second-order valence-corrected chi connectivity index (χ2v) is 14.3. The zero-order chi connectivity index (χ0) is 33.7. The van der Waals surface area contributed by atoms with Crippen molar-refractivity contribution in [1.82, 2.24) is 4.90 Å². The van der Waals surface area contributed by atoms with Crippen molar-refractivity contribution in [3.05, 3.63) is 35.9 Å². The molecule has 0 saturated heterocycles. The molecule has 0 spiro atoms. The zero-order valence-corrected chi connectivity index (χ0v) is 30.0. The number of ether oxygens (including phenoxy) is 1. The first kappa shape index (κ1) is 43.5. The number of phosphoric acid groups is 1. The van der Waals surface area contributed by atoms with Crippen LogP contribution in [0.15, 0.2) is 30.3 Å². The molecular weight excluding hydrogens is 591 g/mol. The molecule has 1 amide bonds. The van der Waals surface area contributed by atoms with Gasteiger partial charge in [-0.05, 0) is 24.8 Å². The van der Waals surface area contributed by atoms with E-state index in [-0.39, 0.29) is 19.3 Å². The summed E-state index contributed by atoms with van der Waals surface area (Å²) in [5.41, 5.74) is 1.01. The average molecular weight is 659 g/mol. The van der Waals surface area contributed by atoms with Crippen molar-refractivity contribution in [2.45, 2.75) is 129 Å². The molecule has 1 aromatic rings. The van der Waals surface area contributed by atoms with Gasteiger partial charge in [0.1, 0.15) is 19.8 Å². The first-order valence-corrected chi connectivity index (χ1v) is 19.0. The highest BCUT2D eigenvalue weighted by Crippen LogP contribution is 2.29. The highest BCUT2D eigenvalue weighted by molar-refractivity contribution is 7.44. The van der Waals surface area contributed by atoms with Gasteiger partial charge in [-0.1, -0.05) is 134 Å². The molecule has 9 nitrogen and oxygen atoms in total. The number of phosphoric ester groups is 1. The van der Waals surface area contributed by atoms with E-state index in [1.165, 1.54) is 96.3 Å². The van der Waals surface area contributed by atoms with Gasteiger partial charge in [0.15, 0.2) is 0 Å². The first-order valence-electron chi connectivity index (χ1n) is 17.5. The van der Waals surface area contributed by atoms with Gasteiger partial charge in [-0.15, -0.1) is 0 Å². The van der Waals surface area contributed by atoms with Gasteiger partial charge >= 0.3 is 6.09 Å². The van der Waals surface area contributed by atoms with Crippen LogP contribution < -0.4 is 4.89 Å². The van der Waals surface area contributed by atoms with E-state index in [1.807, 2.05) is 56.4 Å². The van der Waals surface area contributed by atoms with Crippen LogP contribution >= 0.6 is 7.82 Å². The van der Waals surface area contributed by atoms with Crippen molar-refractivity contribution >= 4 is 13.9 Å². The maximum Gasteiger partial charge on any atom is 0.410 e. The molecule has 0 heterocycles. The fraction of sp³-hybridized carbons (Fsp3) is 0.800. The highest BCUT2D eigenvalue weighted by Gasteiger charge is 2.14. The Bertz CT molecular complexity index is 846. The van der Waals surface area contributed by atoms with Gasteiger partial charge < -0.3 is 33.5 Å². The van der Waals surface area contributed by atoms with Gasteiger partial charge in [-0.2, -0.15) is 0 Å². The second kappa shape index (κ2) is 28.7. The second-order valence-electron chi connectivity index (χ2n) is 13.1. The van der Waals surface area contributed by atoms with Crippen molar-refractivity contribution in [2.75, 3.05) is 54.0 Å². The van der Waals surface area contributed by atoms with Crippen LogP contribution in [0.1, 0.15) is 128 Å². The molecule has 0 radical (unpaired) electrons. The van der Waals surface area contributed by atoms with Crippen LogP contribution in [0.4, 0.5) is 4.79 Å². The number of quaternary nitrogens is 1. The lowest BCUT2D eigenvalue weighted by molar-refractivity contribution is -0.870. The van der Waals surface area contributed by atoms with Crippen LogP contribution in [0, 0.1) is 0 Å². The Balaban J connectivity index is 0.00000149. The molecule has 2 N–H and O–H groups in total. The summed E-state index contributed by atoms with van der Waals surface area (Å²) >= 11 is 0. The lowest BCUT2D eigenvalue weighted by atomic mass is 10.0. The molecule has 0 fully saturated rings. The van der Waals surface area contributed by atoms with Gasteiger partial charge in [0.25, 0.3) is 7.82 Å². The van der Waals surface area contributed by atoms with Crippen LogP contribution in [0.25, 0.3) is 0 Å². The molecule has 0 aliphatic rings. The lowest BCUT2D eigenvalue weighted by Crippen LogP contribution is -2.37.